The SMILES string of the molecule is N#Cc1ccc(NC(=O)CCn2c(=O)oc3cc(S(=O)(=O)N4CCCC4)ccc32)cc1. The Morgan fingerprint density at radius 1 is 1.13 bits per heavy atom. The Labute approximate surface area is 178 Å². The molecule has 1 amide bonds. The van der Waals surface area contributed by atoms with Crippen LogP contribution in [0.25, 0.3) is 11.1 Å². The van der Waals surface area contributed by atoms with E-state index in [0.29, 0.717) is 29.9 Å². The van der Waals surface area contributed by atoms with E-state index < -0.39 is 15.8 Å². The van der Waals surface area contributed by atoms with Crippen LogP contribution in [0.15, 0.2) is 56.6 Å². The zero-order valence-electron chi connectivity index (χ0n) is 16.6. The average Bonchev–Trinajstić information content (AvgIpc) is 3.40. The molecular formula is C21H20N4O5S. The van der Waals surface area contributed by atoms with Gasteiger partial charge in [0.2, 0.25) is 15.9 Å². The van der Waals surface area contributed by atoms with Crippen LogP contribution in [0.2, 0.25) is 0 Å². The molecule has 9 nitrogen and oxygen atoms in total. The Morgan fingerprint density at radius 3 is 2.52 bits per heavy atom. The third-order valence-electron chi connectivity index (χ3n) is 5.20. The van der Waals surface area contributed by atoms with E-state index in [9.17, 15) is 18.0 Å². The molecule has 1 fully saturated rings. The van der Waals surface area contributed by atoms with Crippen LogP contribution < -0.4 is 11.1 Å². The number of nitrogens with zero attached hydrogens (tertiary/aromatic N) is 3. The molecule has 0 radical (unpaired) electrons. The van der Waals surface area contributed by atoms with E-state index in [1.807, 2.05) is 6.07 Å². The Morgan fingerprint density at radius 2 is 1.84 bits per heavy atom. The normalized spacial score (nSPS) is 14.5. The highest BCUT2D eigenvalue weighted by Crippen LogP contribution is 2.24. The molecule has 160 valence electrons. The Kier molecular flexibility index (Phi) is 5.63. The molecule has 1 saturated heterocycles. The number of anilines is 1. The van der Waals surface area contributed by atoms with E-state index in [-0.39, 0.29) is 29.4 Å². The van der Waals surface area contributed by atoms with Crippen LogP contribution in [0.5, 0.6) is 0 Å². The van der Waals surface area contributed by atoms with Gasteiger partial charge in [0.25, 0.3) is 0 Å². The topological polar surface area (TPSA) is 125 Å². The Hall–Kier alpha value is -3.42. The van der Waals surface area contributed by atoms with Crippen molar-refractivity contribution in [1.82, 2.24) is 8.87 Å². The number of benzene rings is 2. The van der Waals surface area contributed by atoms with Gasteiger partial charge in [-0.25, -0.2) is 13.2 Å². The van der Waals surface area contributed by atoms with Gasteiger partial charge >= 0.3 is 5.76 Å². The molecule has 31 heavy (non-hydrogen) atoms. The van der Waals surface area contributed by atoms with Gasteiger partial charge in [-0.05, 0) is 49.2 Å². The minimum Gasteiger partial charge on any atom is -0.408 e. The molecule has 1 aromatic heterocycles. The first kappa shape index (κ1) is 20.8. The predicted molar refractivity (Wildman–Crippen MR) is 113 cm³/mol. The van der Waals surface area contributed by atoms with Crippen molar-refractivity contribution in [3.8, 4) is 6.07 Å². The lowest BCUT2D eigenvalue weighted by molar-refractivity contribution is -0.116. The number of nitriles is 1. The number of amides is 1. The molecule has 1 N–H and O–H groups in total. The summed E-state index contributed by atoms with van der Waals surface area (Å²) in [5, 5.41) is 11.5. The molecule has 4 rings (SSSR count). The molecule has 2 heterocycles. The highest BCUT2D eigenvalue weighted by molar-refractivity contribution is 7.89. The molecule has 0 bridgehead atoms. The third-order valence-corrected chi connectivity index (χ3v) is 7.10. The van der Waals surface area contributed by atoms with Crippen molar-refractivity contribution >= 4 is 32.7 Å². The zero-order valence-corrected chi connectivity index (χ0v) is 17.4. The lowest BCUT2D eigenvalue weighted by Crippen LogP contribution is -2.27. The molecule has 10 heteroatoms. The molecule has 0 atom stereocenters. The quantitative estimate of drug-likeness (QED) is 0.627. The lowest BCUT2D eigenvalue weighted by atomic mass is 10.2. The third kappa shape index (κ3) is 4.23. The summed E-state index contributed by atoms with van der Waals surface area (Å²) in [7, 11) is -3.62. The first-order chi connectivity index (χ1) is 14.9. The van der Waals surface area contributed by atoms with Crippen molar-refractivity contribution < 1.29 is 17.6 Å². The van der Waals surface area contributed by atoms with Crippen molar-refractivity contribution in [2.45, 2.75) is 30.7 Å². The lowest BCUT2D eigenvalue weighted by Gasteiger charge is -2.15. The van der Waals surface area contributed by atoms with E-state index >= 15 is 0 Å². The Bertz CT molecular complexity index is 1330. The van der Waals surface area contributed by atoms with Gasteiger partial charge in [0.05, 0.1) is 22.0 Å². The van der Waals surface area contributed by atoms with Crippen molar-refractivity contribution in [1.29, 1.82) is 5.26 Å². The standard InChI is InChI=1S/C21H20N4O5S/c22-14-15-3-5-16(6-4-15)23-20(26)9-12-25-18-8-7-17(13-19(18)30-21(25)27)31(28,29)24-10-1-2-11-24/h3-8,13H,1-2,9-12H2,(H,23,26). The second-order valence-electron chi connectivity index (χ2n) is 7.25. The van der Waals surface area contributed by atoms with Crippen LogP contribution in [0.3, 0.4) is 0 Å². The summed E-state index contributed by atoms with van der Waals surface area (Å²) in [4.78, 5) is 24.6. The number of oxazole rings is 1. The van der Waals surface area contributed by atoms with E-state index in [1.165, 1.54) is 27.1 Å². The van der Waals surface area contributed by atoms with Gasteiger partial charge in [-0.2, -0.15) is 9.57 Å². The summed E-state index contributed by atoms with van der Waals surface area (Å²) in [6.07, 6.45) is 1.68. The Balaban J connectivity index is 1.49. The number of carbonyl (C=O) groups is 1. The number of hydrogen-bond donors (Lipinski definition) is 1. The zero-order chi connectivity index (χ0) is 22.0. The fourth-order valence-corrected chi connectivity index (χ4v) is 5.09. The summed E-state index contributed by atoms with van der Waals surface area (Å²) in [6, 6.07) is 12.8. The minimum atomic E-state index is -3.62. The highest BCUT2D eigenvalue weighted by Gasteiger charge is 2.28. The largest absolute Gasteiger partial charge is 0.419 e. The van der Waals surface area contributed by atoms with Crippen molar-refractivity contribution in [2.24, 2.45) is 0 Å². The van der Waals surface area contributed by atoms with Crippen molar-refractivity contribution in [2.75, 3.05) is 18.4 Å². The van der Waals surface area contributed by atoms with Crippen molar-refractivity contribution in [3.63, 3.8) is 0 Å². The maximum atomic E-state index is 12.7. The predicted octanol–water partition coefficient (Wildman–Crippen LogP) is 2.28. The summed E-state index contributed by atoms with van der Waals surface area (Å²) in [5.41, 5.74) is 1.63. The molecule has 0 saturated carbocycles. The van der Waals surface area contributed by atoms with Crippen LogP contribution in [-0.2, 0) is 21.4 Å². The van der Waals surface area contributed by atoms with Crippen LogP contribution in [0.1, 0.15) is 24.8 Å². The number of fused-ring (bicyclic) bond motifs is 1. The van der Waals surface area contributed by atoms with Gasteiger partial charge in [0, 0.05) is 37.8 Å². The molecule has 0 aliphatic carbocycles. The second kappa shape index (κ2) is 8.37. The van der Waals surface area contributed by atoms with Gasteiger partial charge in [0.1, 0.15) is 0 Å². The number of hydrogen-bond acceptors (Lipinski definition) is 6. The van der Waals surface area contributed by atoms with Crippen LogP contribution >= 0.6 is 0 Å². The van der Waals surface area contributed by atoms with Crippen LogP contribution in [-0.4, -0.2) is 36.3 Å². The number of rotatable bonds is 6. The molecule has 3 aromatic rings. The maximum absolute atomic E-state index is 12.7. The van der Waals surface area contributed by atoms with Gasteiger partial charge in [0.15, 0.2) is 5.58 Å². The average molecular weight is 440 g/mol. The molecule has 1 aliphatic rings. The van der Waals surface area contributed by atoms with E-state index in [0.717, 1.165) is 12.8 Å². The van der Waals surface area contributed by atoms with Gasteiger partial charge < -0.3 is 9.73 Å². The summed E-state index contributed by atoms with van der Waals surface area (Å²) < 4.78 is 33.4. The summed E-state index contributed by atoms with van der Waals surface area (Å²) in [6.45, 7) is 1.05. The number of carbonyl (C=O) groups excluding carboxylic acids is 1. The number of aryl methyl sites for hydroxylation is 1. The molecule has 2 aromatic carbocycles. The molecule has 0 unspecified atom stereocenters. The highest BCUT2D eigenvalue weighted by atomic mass is 32.2. The first-order valence-electron chi connectivity index (χ1n) is 9.82. The van der Waals surface area contributed by atoms with Gasteiger partial charge in [-0.3, -0.25) is 9.36 Å². The summed E-state index contributed by atoms with van der Waals surface area (Å²) >= 11 is 0. The monoisotopic (exact) mass is 440 g/mol. The van der Waals surface area contributed by atoms with Gasteiger partial charge in [-0.1, -0.05) is 0 Å². The fraction of sp³-hybridized carbons (Fsp3) is 0.286. The smallest absolute Gasteiger partial charge is 0.408 e. The number of aromatic nitrogens is 1. The first-order valence-corrected chi connectivity index (χ1v) is 11.3. The van der Waals surface area contributed by atoms with E-state index in [1.54, 1.807) is 24.3 Å². The molecule has 0 spiro atoms. The van der Waals surface area contributed by atoms with Crippen LogP contribution in [0, 0.1) is 11.3 Å². The van der Waals surface area contributed by atoms with Crippen LogP contribution in [0.4, 0.5) is 5.69 Å². The minimum absolute atomic E-state index is 0.0162. The summed E-state index contributed by atoms with van der Waals surface area (Å²) in [5.74, 6) is -0.962. The number of sulfonamides is 1. The maximum Gasteiger partial charge on any atom is 0.419 e. The molecule has 1 aliphatic heterocycles. The molecular weight excluding hydrogens is 420 g/mol. The van der Waals surface area contributed by atoms with Gasteiger partial charge in [-0.15, -0.1) is 0 Å². The van der Waals surface area contributed by atoms with Crippen molar-refractivity contribution in [3.05, 3.63) is 58.6 Å². The van der Waals surface area contributed by atoms with E-state index in [2.05, 4.69) is 5.32 Å². The fourth-order valence-electron chi connectivity index (χ4n) is 3.56. The van der Waals surface area contributed by atoms with E-state index in [4.69, 9.17) is 9.68 Å². The number of nitrogens with one attached hydrogen (secondary N) is 1. The second-order valence-corrected chi connectivity index (χ2v) is 9.19.